The second-order valence-electron chi connectivity index (χ2n) is 5.16. The first-order chi connectivity index (χ1) is 9.62. The van der Waals surface area contributed by atoms with Gasteiger partial charge in [0.25, 0.3) is 0 Å². The summed E-state index contributed by atoms with van der Waals surface area (Å²) in [7, 11) is 0. The molecular weight excluding hydrogens is 309 g/mol. The summed E-state index contributed by atoms with van der Waals surface area (Å²) in [5.41, 5.74) is -2.47. The number of alkyl halides is 3. The van der Waals surface area contributed by atoms with Gasteiger partial charge in [-0.05, 0) is 25.1 Å². The van der Waals surface area contributed by atoms with Crippen molar-refractivity contribution in [1.29, 1.82) is 0 Å². The van der Waals surface area contributed by atoms with Crippen LogP contribution in [0.15, 0.2) is 18.2 Å². The SMILES string of the molecule is CC1(C(=O)Nc2ccc(Cl)cc2C(F)(F)F)CNC(=O)C1. The van der Waals surface area contributed by atoms with Crippen molar-refractivity contribution in [3.05, 3.63) is 28.8 Å². The highest BCUT2D eigenvalue weighted by atomic mass is 35.5. The maximum atomic E-state index is 12.9. The average Bonchev–Trinajstić information content (AvgIpc) is 2.71. The lowest BCUT2D eigenvalue weighted by Crippen LogP contribution is -2.35. The molecule has 0 spiro atoms. The molecule has 2 amide bonds. The first-order valence-corrected chi connectivity index (χ1v) is 6.44. The summed E-state index contributed by atoms with van der Waals surface area (Å²) in [5, 5.41) is 4.65. The minimum atomic E-state index is -4.64. The number of benzene rings is 1. The maximum absolute atomic E-state index is 12.9. The Morgan fingerprint density at radius 2 is 2.10 bits per heavy atom. The number of halogens is 4. The van der Waals surface area contributed by atoms with Crippen molar-refractivity contribution in [3.63, 3.8) is 0 Å². The molecule has 1 saturated heterocycles. The van der Waals surface area contributed by atoms with Crippen LogP contribution in [0.1, 0.15) is 18.9 Å². The lowest BCUT2D eigenvalue weighted by Gasteiger charge is -2.22. The first kappa shape index (κ1) is 15.6. The Balaban J connectivity index is 2.28. The molecule has 0 radical (unpaired) electrons. The predicted octanol–water partition coefficient (Wildman–Crippen LogP) is 2.82. The smallest absolute Gasteiger partial charge is 0.355 e. The van der Waals surface area contributed by atoms with Gasteiger partial charge in [0.15, 0.2) is 0 Å². The van der Waals surface area contributed by atoms with Gasteiger partial charge < -0.3 is 10.6 Å². The molecule has 1 atom stereocenters. The van der Waals surface area contributed by atoms with E-state index in [1.165, 1.54) is 13.0 Å². The van der Waals surface area contributed by atoms with E-state index in [9.17, 15) is 22.8 Å². The van der Waals surface area contributed by atoms with E-state index in [1.54, 1.807) is 0 Å². The Morgan fingerprint density at radius 1 is 1.43 bits per heavy atom. The van der Waals surface area contributed by atoms with Crippen LogP contribution in [0.5, 0.6) is 0 Å². The second kappa shape index (κ2) is 5.22. The molecule has 2 N–H and O–H groups in total. The quantitative estimate of drug-likeness (QED) is 0.880. The molecule has 114 valence electrons. The zero-order valence-corrected chi connectivity index (χ0v) is 11.7. The van der Waals surface area contributed by atoms with Crippen LogP contribution in [0.4, 0.5) is 18.9 Å². The molecule has 0 bridgehead atoms. The van der Waals surface area contributed by atoms with E-state index in [1.807, 2.05) is 0 Å². The molecule has 1 fully saturated rings. The van der Waals surface area contributed by atoms with Crippen molar-refractivity contribution in [2.24, 2.45) is 5.41 Å². The fraction of sp³-hybridized carbons (Fsp3) is 0.385. The van der Waals surface area contributed by atoms with Gasteiger partial charge in [0, 0.05) is 18.0 Å². The molecule has 1 aromatic rings. The molecule has 21 heavy (non-hydrogen) atoms. The van der Waals surface area contributed by atoms with E-state index in [0.717, 1.165) is 12.1 Å². The molecule has 1 aliphatic rings. The Kier molecular flexibility index (Phi) is 3.88. The third kappa shape index (κ3) is 3.29. The minimum Gasteiger partial charge on any atom is -0.355 e. The van der Waals surface area contributed by atoms with Crippen molar-refractivity contribution in [2.75, 3.05) is 11.9 Å². The number of rotatable bonds is 2. The predicted molar refractivity (Wildman–Crippen MR) is 70.8 cm³/mol. The summed E-state index contributed by atoms with van der Waals surface area (Å²) < 4.78 is 38.8. The van der Waals surface area contributed by atoms with Gasteiger partial charge in [-0.15, -0.1) is 0 Å². The summed E-state index contributed by atoms with van der Waals surface area (Å²) in [6.45, 7) is 1.61. The molecule has 8 heteroatoms. The van der Waals surface area contributed by atoms with Gasteiger partial charge in [0.1, 0.15) is 0 Å². The van der Waals surface area contributed by atoms with Gasteiger partial charge in [0.05, 0.1) is 16.7 Å². The number of carbonyl (C=O) groups is 2. The number of carbonyl (C=O) groups excluding carboxylic acids is 2. The largest absolute Gasteiger partial charge is 0.418 e. The monoisotopic (exact) mass is 320 g/mol. The molecule has 1 unspecified atom stereocenters. The third-order valence-corrected chi connectivity index (χ3v) is 3.54. The Bertz CT molecular complexity index is 604. The van der Waals surface area contributed by atoms with Crippen LogP contribution < -0.4 is 10.6 Å². The number of hydrogen-bond acceptors (Lipinski definition) is 2. The van der Waals surface area contributed by atoms with E-state index in [4.69, 9.17) is 11.6 Å². The summed E-state index contributed by atoms with van der Waals surface area (Å²) in [5.74, 6) is -0.950. The van der Waals surface area contributed by atoms with Crippen LogP contribution in [0.3, 0.4) is 0 Å². The Labute approximate surface area is 123 Å². The fourth-order valence-electron chi connectivity index (χ4n) is 2.07. The van der Waals surface area contributed by atoms with Gasteiger partial charge >= 0.3 is 6.18 Å². The van der Waals surface area contributed by atoms with E-state index in [-0.39, 0.29) is 29.6 Å². The molecule has 1 aromatic carbocycles. The first-order valence-electron chi connectivity index (χ1n) is 6.07. The zero-order valence-electron chi connectivity index (χ0n) is 11.0. The molecule has 0 aliphatic carbocycles. The van der Waals surface area contributed by atoms with Crippen LogP contribution in [0, 0.1) is 5.41 Å². The normalized spacial score (nSPS) is 22.0. The molecule has 0 saturated carbocycles. The highest BCUT2D eigenvalue weighted by molar-refractivity contribution is 6.30. The zero-order chi connectivity index (χ0) is 15.8. The average molecular weight is 321 g/mol. The van der Waals surface area contributed by atoms with Gasteiger partial charge in [-0.1, -0.05) is 11.6 Å². The molecule has 1 heterocycles. The van der Waals surface area contributed by atoms with Gasteiger partial charge in [-0.25, -0.2) is 0 Å². The molecular formula is C13H12ClF3N2O2. The van der Waals surface area contributed by atoms with Gasteiger partial charge in [0.2, 0.25) is 11.8 Å². The topological polar surface area (TPSA) is 58.2 Å². The van der Waals surface area contributed by atoms with Crippen LogP contribution in [-0.2, 0) is 15.8 Å². The lowest BCUT2D eigenvalue weighted by atomic mass is 9.88. The van der Waals surface area contributed by atoms with Crippen molar-refractivity contribution in [3.8, 4) is 0 Å². The number of anilines is 1. The minimum absolute atomic E-state index is 0.0617. The van der Waals surface area contributed by atoms with E-state index < -0.39 is 23.1 Å². The molecule has 4 nitrogen and oxygen atoms in total. The van der Waals surface area contributed by atoms with Crippen molar-refractivity contribution in [2.45, 2.75) is 19.5 Å². The van der Waals surface area contributed by atoms with Crippen molar-refractivity contribution in [1.82, 2.24) is 5.32 Å². The third-order valence-electron chi connectivity index (χ3n) is 3.31. The van der Waals surface area contributed by atoms with Crippen LogP contribution in [0.25, 0.3) is 0 Å². The van der Waals surface area contributed by atoms with Gasteiger partial charge in [-0.2, -0.15) is 13.2 Å². The Hall–Kier alpha value is -1.76. The van der Waals surface area contributed by atoms with Crippen LogP contribution in [-0.4, -0.2) is 18.4 Å². The summed E-state index contributed by atoms with van der Waals surface area (Å²) in [6, 6.07) is 3.10. The molecule has 1 aliphatic heterocycles. The molecule has 0 aromatic heterocycles. The second-order valence-corrected chi connectivity index (χ2v) is 5.59. The van der Waals surface area contributed by atoms with E-state index in [0.29, 0.717) is 0 Å². The van der Waals surface area contributed by atoms with Gasteiger partial charge in [-0.3, -0.25) is 9.59 Å². The Morgan fingerprint density at radius 3 is 2.62 bits per heavy atom. The highest BCUT2D eigenvalue weighted by Gasteiger charge is 2.42. The molecule has 2 rings (SSSR count). The maximum Gasteiger partial charge on any atom is 0.418 e. The highest BCUT2D eigenvalue weighted by Crippen LogP contribution is 2.37. The number of amides is 2. The van der Waals surface area contributed by atoms with Crippen LogP contribution >= 0.6 is 11.6 Å². The fourth-order valence-corrected chi connectivity index (χ4v) is 2.24. The van der Waals surface area contributed by atoms with Crippen molar-refractivity contribution >= 4 is 29.1 Å². The van der Waals surface area contributed by atoms with E-state index in [2.05, 4.69) is 10.6 Å². The standard InChI is InChI=1S/C13H12ClF3N2O2/c1-12(5-10(20)18-6-12)11(21)19-9-3-2-7(14)4-8(9)13(15,16)17/h2-4H,5-6H2,1H3,(H,18,20)(H,19,21). The number of hydrogen-bond donors (Lipinski definition) is 2. The summed E-state index contributed by atoms with van der Waals surface area (Å²) in [6.07, 6.45) is -4.70. The summed E-state index contributed by atoms with van der Waals surface area (Å²) >= 11 is 5.57. The van der Waals surface area contributed by atoms with Crippen LogP contribution in [0.2, 0.25) is 5.02 Å². The number of nitrogens with one attached hydrogen (secondary N) is 2. The lowest BCUT2D eigenvalue weighted by molar-refractivity contribution is -0.137. The van der Waals surface area contributed by atoms with Crippen molar-refractivity contribution < 1.29 is 22.8 Å². The summed E-state index contributed by atoms with van der Waals surface area (Å²) in [4.78, 5) is 23.3. The van der Waals surface area contributed by atoms with E-state index >= 15 is 0 Å².